The first-order chi connectivity index (χ1) is 9.13. The summed E-state index contributed by atoms with van der Waals surface area (Å²) in [6, 6.07) is 7.39. The van der Waals surface area contributed by atoms with Crippen LogP contribution in [-0.2, 0) is 4.79 Å². The summed E-state index contributed by atoms with van der Waals surface area (Å²) in [7, 11) is 1.60. The van der Waals surface area contributed by atoms with E-state index in [0.717, 1.165) is 24.3 Å². The summed E-state index contributed by atoms with van der Waals surface area (Å²) in [6.07, 6.45) is 0.278. The van der Waals surface area contributed by atoms with Crippen molar-refractivity contribution in [2.75, 3.05) is 26.7 Å². The van der Waals surface area contributed by atoms with Crippen LogP contribution in [0.25, 0.3) is 0 Å². The van der Waals surface area contributed by atoms with E-state index in [9.17, 15) is 9.90 Å². The molecule has 5 heteroatoms. The van der Waals surface area contributed by atoms with E-state index in [1.54, 1.807) is 7.11 Å². The molecule has 0 saturated carbocycles. The summed E-state index contributed by atoms with van der Waals surface area (Å²) in [5.74, 6) is 0.721. The van der Waals surface area contributed by atoms with Gasteiger partial charge >= 0.3 is 0 Å². The SMILES string of the molecule is COc1cccc(C(O)CNCCCNC(C)=O)c1. The number of ether oxygens (including phenoxy) is 1. The molecule has 3 N–H and O–H groups in total. The van der Waals surface area contributed by atoms with Crippen molar-refractivity contribution >= 4 is 5.91 Å². The minimum Gasteiger partial charge on any atom is -0.497 e. The Morgan fingerprint density at radius 3 is 2.89 bits per heavy atom. The lowest BCUT2D eigenvalue weighted by atomic mass is 10.1. The Bertz CT molecular complexity index is 396. The molecule has 1 rings (SSSR count). The zero-order valence-corrected chi connectivity index (χ0v) is 11.5. The highest BCUT2D eigenvalue weighted by Crippen LogP contribution is 2.18. The Labute approximate surface area is 114 Å². The highest BCUT2D eigenvalue weighted by Gasteiger charge is 2.07. The first kappa shape index (κ1) is 15.5. The van der Waals surface area contributed by atoms with Gasteiger partial charge in [-0.1, -0.05) is 12.1 Å². The van der Waals surface area contributed by atoms with Crippen LogP contribution < -0.4 is 15.4 Å². The predicted octanol–water partition coefficient (Wildman–Crippen LogP) is 0.844. The van der Waals surface area contributed by atoms with Crippen LogP contribution in [-0.4, -0.2) is 37.8 Å². The summed E-state index contributed by atoms with van der Waals surface area (Å²) in [4.78, 5) is 10.6. The lowest BCUT2D eigenvalue weighted by molar-refractivity contribution is -0.118. The molecule has 0 radical (unpaired) electrons. The number of hydrogen-bond donors (Lipinski definition) is 3. The Morgan fingerprint density at radius 2 is 2.21 bits per heavy atom. The number of hydrogen-bond acceptors (Lipinski definition) is 4. The Balaban J connectivity index is 2.23. The molecule has 5 nitrogen and oxygen atoms in total. The largest absolute Gasteiger partial charge is 0.497 e. The number of benzene rings is 1. The molecule has 0 aliphatic rings. The van der Waals surface area contributed by atoms with Crippen LogP contribution in [0.15, 0.2) is 24.3 Å². The molecule has 0 aromatic heterocycles. The zero-order valence-electron chi connectivity index (χ0n) is 11.5. The Hall–Kier alpha value is -1.59. The van der Waals surface area contributed by atoms with Crippen LogP contribution >= 0.6 is 0 Å². The quantitative estimate of drug-likeness (QED) is 0.610. The van der Waals surface area contributed by atoms with Crippen molar-refractivity contribution in [2.24, 2.45) is 0 Å². The van der Waals surface area contributed by atoms with Crippen LogP contribution in [0.5, 0.6) is 5.75 Å². The number of aliphatic hydroxyl groups excluding tert-OH is 1. The van der Waals surface area contributed by atoms with E-state index < -0.39 is 6.10 Å². The Kier molecular flexibility index (Phi) is 6.92. The van der Waals surface area contributed by atoms with E-state index in [2.05, 4.69) is 10.6 Å². The van der Waals surface area contributed by atoms with Crippen molar-refractivity contribution in [2.45, 2.75) is 19.4 Å². The third-order valence-electron chi connectivity index (χ3n) is 2.72. The molecule has 0 aliphatic carbocycles. The number of aliphatic hydroxyl groups is 1. The zero-order chi connectivity index (χ0) is 14.1. The molecule has 0 heterocycles. The maximum absolute atomic E-state index is 10.6. The fourth-order valence-electron chi connectivity index (χ4n) is 1.68. The lowest BCUT2D eigenvalue weighted by Crippen LogP contribution is -2.27. The van der Waals surface area contributed by atoms with Crippen LogP contribution in [0.2, 0.25) is 0 Å². The molecule has 1 unspecified atom stereocenters. The number of methoxy groups -OCH3 is 1. The van der Waals surface area contributed by atoms with Crippen molar-refractivity contribution in [3.63, 3.8) is 0 Å². The van der Waals surface area contributed by atoms with Crippen LogP contribution in [0.1, 0.15) is 25.0 Å². The molecular weight excluding hydrogens is 244 g/mol. The summed E-state index contributed by atoms with van der Waals surface area (Å²) in [5.41, 5.74) is 0.828. The first-order valence-electron chi connectivity index (χ1n) is 6.40. The average molecular weight is 266 g/mol. The molecule has 1 amide bonds. The van der Waals surface area contributed by atoms with Gasteiger partial charge in [0.25, 0.3) is 0 Å². The van der Waals surface area contributed by atoms with Gasteiger partial charge in [-0.2, -0.15) is 0 Å². The van der Waals surface area contributed by atoms with Gasteiger partial charge < -0.3 is 20.5 Å². The highest BCUT2D eigenvalue weighted by atomic mass is 16.5. The van der Waals surface area contributed by atoms with Gasteiger partial charge in [0.15, 0.2) is 0 Å². The maximum Gasteiger partial charge on any atom is 0.216 e. The standard InChI is InChI=1S/C14H22N2O3/c1-11(17)16-8-4-7-15-10-14(18)12-5-3-6-13(9-12)19-2/h3,5-6,9,14-15,18H,4,7-8,10H2,1-2H3,(H,16,17). The van der Waals surface area contributed by atoms with Crippen LogP contribution in [0.4, 0.5) is 0 Å². The second kappa shape index (κ2) is 8.50. The third-order valence-corrected chi connectivity index (χ3v) is 2.72. The van der Waals surface area contributed by atoms with Gasteiger partial charge in [0, 0.05) is 20.0 Å². The smallest absolute Gasteiger partial charge is 0.216 e. The summed E-state index contributed by atoms with van der Waals surface area (Å²) in [6.45, 7) is 3.38. The van der Waals surface area contributed by atoms with Crippen LogP contribution in [0, 0.1) is 0 Å². The van der Waals surface area contributed by atoms with Crippen LogP contribution in [0.3, 0.4) is 0 Å². The molecule has 19 heavy (non-hydrogen) atoms. The number of carbonyl (C=O) groups excluding carboxylic acids is 1. The fraction of sp³-hybridized carbons (Fsp3) is 0.500. The topological polar surface area (TPSA) is 70.6 Å². The van der Waals surface area contributed by atoms with Gasteiger partial charge in [0.05, 0.1) is 13.2 Å². The summed E-state index contributed by atoms with van der Waals surface area (Å²) >= 11 is 0. The highest BCUT2D eigenvalue weighted by molar-refractivity contribution is 5.72. The van der Waals surface area contributed by atoms with E-state index in [-0.39, 0.29) is 5.91 Å². The van der Waals surface area contributed by atoms with Gasteiger partial charge in [-0.15, -0.1) is 0 Å². The molecule has 1 aromatic rings. The second-order valence-corrected chi connectivity index (χ2v) is 4.33. The van der Waals surface area contributed by atoms with E-state index in [1.807, 2.05) is 24.3 Å². The predicted molar refractivity (Wildman–Crippen MR) is 74.1 cm³/mol. The first-order valence-corrected chi connectivity index (χ1v) is 6.40. The van der Waals surface area contributed by atoms with Crippen molar-refractivity contribution in [3.05, 3.63) is 29.8 Å². The molecule has 1 atom stereocenters. The maximum atomic E-state index is 10.6. The van der Waals surface area contributed by atoms with Gasteiger partial charge in [-0.3, -0.25) is 4.79 Å². The van der Waals surface area contributed by atoms with Crippen molar-refractivity contribution in [1.82, 2.24) is 10.6 Å². The molecule has 0 spiro atoms. The second-order valence-electron chi connectivity index (χ2n) is 4.33. The van der Waals surface area contributed by atoms with E-state index in [1.165, 1.54) is 6.92 Å². The van der Waals surface area contributed by atoms with E-state index in [0.29, 0.717) is 13.1 Å². The molecule has 1 aromatic carbocycles. The van der Waals surface area contributed by atoms with Gasteiger partial charge in [0.2, 0.25) is 5.91 Å². The summed E-state index contributed by atoms with van der Waals surface area (Å²) < 4.78 is 5.11. The normalized spacial score (nSPS) is 11.9. The van der Waals surface area contributed by atoms with E-state index in [4.69, 9.17) is 4.74 Å². The minimum atomic E-state index is -0.559. The molecule has 0 fully saturated rings. The number of nitrogens with one attached hydrogen (secondary N) is 2. The molecule has 106 valence electrons. The summed E-state index contributed by atoms with van der Waals surface area (Å²) in [5, 5.41) is 15.9. The van der Waals surface area contributed by atoms with Gasteiger partial charge in [-0.25, -0.2) is 0 Å². The van der Waals surface area contributed by atoms with E-state index >= 15 is 0 Å². The molecule has 0 saturated heterocycles. The molecule has 0 aliphatic heterocycles. The van der Waals surface area contributed by atoms with Crippen molar-refractivity contribution in [1.29, 1.82) is 0 Å². The average Bonchev–Trinajstić information content (AvgIpc) is 2.42. The Morgan fingerprint density at radius 1 is 1.42 bits per heavy atom. The molecular formula is C14H22N2O3. The number of rotatable bonds is 8. The fourth-order valence-corrected chi connectivity index (χ4v) is 1.68. The third kappa shape index (κ3) is 6.22. The monoisotopic (exact) mass is 266 g/mol. The van der Waals surface area contributed by atoms with Crippen molar-refractivity contribution in [3.8, 4) is 5.75 Å². The number of carbonyl (C=O) groups is 1. The van der Waals surface area contributed by atoms with Gasteiger partial charge in [0.1, 0.15) is 5.75 Å². The van der Waals surface area contributed by atoms with Gasteiger partial charge in [-0.05, 0) is 30.7 Å². The van der Waals surface area contributed by atoms with Crippen molar-refractivity contribution < 1.29 is 14.6 Å². The lowest BCUT2D eigenvalue weighted by Gasteiger charge is -2.13. The minimum absolute atomic E-state index is 0.0172. The number of amides is 1. The molecule has 0 bridgehead atoms.